The van der Waals surface area contributed by atoms with Crippen molar-refractivity contribution >= 4 is 56.5 Å². The van der Waals surface area contributed by atoms with E-state index in [1.807, 2.05) is 24.3 Å². The van der Waals surface area contributed by atoms with Crippen molar-refractivity contribution in [2.24, 2.45) is 0 Å². The zero-order valence-corrected chi connectivity index (χ0v) is 23.5. The molecular formula is C35H29BN2O3. The second-order valence-electron chi connectivity index (χ2n) is 11.9. The van der Waals surface area contributed by atoms with Crippen LogP contribution in [0.1, 0.15) is 27.7 Å². The maximum absolute atomic E-state index is 6.53. The lowest BCUT2D eigenvalue weighted by molar-refractivity contribution is 0.00578. The van der Waals surface area contributed by atoms with Gasteiger partial charge in [0.25, 0.3) is 0 Å². The molecule has 200 valence electrons. The minimum absolute atomic E-state index is 0.395. The Balaban J connectivity index is 1.43. The summed E-state index contributed by atoms with van der Waals surface area (Å²) in [6.45, 7) is 8.31. The number of para-hydroxylation sites is 3. The molecular weight excluding hydrogens is 507 g/mol. The number of aromatic nitrogens is 2. The summed E-state index contributed by atoms with van der Waals surface area (Å²) in [5.41, 5.74) is 7.84. The molecule has 0 atom stereocenters. The van der Waals surface area contributed by atoms with Crippen molar-refractivity contribution in [1.82, 2.24) is 9.55 Å². The van der Waals surface area contributed by atoms with Gasteiger partial charge in [-0.25, -0.2) is 4.98 Å². The van der Waals surface area contributed by atoms with Crippen LogP contribution in [-0.4, -0.2) is 27.9 Å². The maximum Gasteiger partial charge on any atom is 0.494 e. The van der Waals surface area contributed by atoms with Crippen LogP contribution < -0.4 is 5.46 Å². The summed E-state index contributed by atoms with van der Waals surface area (Å²) >= 11 is 0. The molecule has 8 rings (SSSR count). The monoisotopic (exact) mass is 536 g/mol. The predicted octanol–water partition coefficient (Wildman–Crippen LogP) is 8.04. The Bertz CT molecular complexity index is 2090. The molecule has 1 aliphatic rings. The van der Waals surface area contributed by atoms with Crippen LogP contribution in [-0.2, 0) is 9.31 Å². The second kappa shape index (κ2) is 8.56. The lowest BCUT2D eigenvalue weighted by atomic mass is 9.78. The number of hydrogen-bond donors (Lipinski definition) is 0. The lowest BCUT2D eigenvalue weighted by Crippen LogP contribution is -2.41. The van der Waals surface area contributed by atoms with Gasteiger partial charge in [0, 0.05) is 22.0 Å². The lowest BCUT2D eigenvalue weighted by Gasteiger charge is -2.32. The van der Waals surface area contributed by atoms with Crippen molar-refractivity contribution in [2.75, 3.05) is 0 Å². The Hall–Kier alpha value is -4.39. The molecule has 1 aliphatic heterocycles. The topological polar surface area (TPSA) is 49.4 Å². The standard InChI is InChI=1S/C35H29BN2O3/c1-34(2)35(3,4)41-36(40-34)23-20-18-22(19-21-23)30-32-29(33-31(37-30)26-15-9-11-17-28(26)39-33)25-14-8-10-16-27(25)38(32)24-12-6-5-7-13-24/h5-21H,1-4H3. The fourth-order valence-electron chi connectivity index (χ4n) is 5.99. The van der Waals surface area contributed by atoms with E-state index in [1.54, 1.807) is 0 Å². The summed E-state index contributed by atoms with van der Waals surface area (Å²) in [6.07, 6.45) is 0. The smallest absolute Gasteiger partial charge is 0.454 e. The van der Waals surface area contributed by atoms with Gasteiger partial charge < -0.3 is 18.3 Å². The molecule has 7 aromatic rings. The highest BCUT2D eigenvalue weighted by Crippen LogP contribution is 2.43. The van der Waals surface area contributed by atoms with E-state index in [1.165, 1.54) is 0 Å². The van der Waals surface area contributed by atoms with E-state index in [0.29, 0.717) is 0 Å². The van der Waals surface area contributed by atoms with Gasteiger partial charge in [-0.1, -0.05) is 72.8 Å². The first kappa shape index (κ1) is 24.4. The SMILES string of the molecule is CC1(C)OB(c2ccc(-c3nc4c5ccccc5oc4c4c5ccccc5n(-c5ccccc5)c34)cc2)OC1(C)C. The van der Waals surface area contributed by atoms with E-state index < -0.39 is 18.3 Å². The van der Waals surface area contributed by atoms with Gasteiger partial charge in [-0.15, -0.1) is 0 Å². The Morgan fingerprint density at radius 2 is 1.32 bits per heavy atom. The van der Waals surface area contributed by atoms with Gasteiger partial charge in [0.05, 0.1) is 33.3 Å². The maximum atomic E-state index is 6.53. The van der Waals surface area contributed by atoms with E-state index in [4.69, 9.17) is 18.7 Å². The third-order valence-corrected chi connectivity index (χ3v) is 8.84. The number of pyridine rings is 1. The molecule has 1 saturated heterocycles. The van der Waals surface area contributed by atoms with Gasteiger partial charge in [0.2, 0.25) is 0 Å². The third-order valence-electron chi connectivity index (χ3n) is 8.84. The summed E-state index contributed by atoms with van der Waals surface area (Å²) in [6, 6.07) is 35.6. The van der Waals surface area contributed by atoms with Crippen molar-refractivity contribution in [3.63, 3.8) is 0 Å². The molecule has 0 amide bonds. The van der Waals surface area contributed by atoms with Crippen LogP contribution in [0.4, 0.5) is 0 Å². The van der Waals surface area contributed by atoms with Crippen LogP contribution in [0.5, 0.6) is 0 Å². The first-order chi connectivity index (χ1) is 19.8. The highest BCUT2D eigenvalue weighted by atomic mass is 16.7. The van der Waals surface area contributed by atoms with E-state index >= 15 is 0 Å². The molecule has 0 spiro atoms. The molecule has 0 N–H and O–H groups in total. The van der Waals surface area contributed by atoms with Crippen LogP contribution in [0, 0.1) is 0 Å². The number of hydrogen-bond acceptors (Lipinski definition) is 4. The number of nitrogens with zero attached hydrogens (tertiary/aromatic N) is 2. The summed E-state index contributed by atoms with van der Waals surface area (Å²) in [5, 5.41) is 3.21. The highest BCUT2D eigenvalue weighted by Gasteiger charge is 2.51. The molecule has 4 aromatic carbocycles. The number of fused-ring (bicyclic) bond motifs is 7. The number of benzene rings is 4. The minimum atomic E-state index is -0.418. The molecule has 0 radical (unpaired) electrons. The highest BCUT2D eigenvalue weighted by molar-refractivity contribution is 6.62. The molecule has 0 bridgehead atoms. The van der Waals surface area contributed by atoms with Gasteiger partial charge in [0.15, 0.2) is 5.58 Å². The molecule has 5 nitrogen and oxygen atoms in total. The zero-order chi connectivity index (χ0) is 27.9. The minimum Gasteiger partial charge on any atom is -0.454 e. The van der Waals surface area contributed by atoms with Crippen molar-refractivity contribution in [3.05, 3.63) is 103 Å². The summed E-state index contributed by atoms with van der Waals surface area (Å²) < 4.78 is 21.5. The van der Waals surface area contributed by atoms with E-state index in [9.17, 15) is 0 Å². The number of furan rings is 1. The summed E-state index contributed by atoms with van der Waals surface area (Å²) in [5.74, 6) is 0. The molecule has 0 saturated carbocycles. The van der Waals surface area contributed by atoms with Gasteiger partial charge in [0.1, 0.15) is 11.1 Å². The van der Waals surface area contributed by atoms with Crippen molar-refractivity contribution in [1.29, 1.82) is 0 Å². The predicted molar refractivity (Wildman–Crippen MR) is 167 cm³/mol. The van der Waals surface area contributed by atoms with Crippen molar-refractivity contribution < 1.29 is 13.7 Å². The van der Waals surface area contributed by atoms with Gasteiger partial charge in [-0.2, -0.15) is 0 Å². The molecule has 41 heavy (non-hydrogen) atoms. The van der Waals surface area contributed by atoms with E-state index in [0.717, 1.165) is 66.3 Å². The van der Waals surface area contributed by atoms with Crippen molar-refractivity contribution in [2.45, 2.75) is 38.9 Å². The van der Waals surface area contributed by atoms with Crippen LogP contribution in [0.3, 0.4) is 0 Å². The van der Waals surface area contributed by atoms with Gasteiger partial charge >= 0.3 is 7.12 Å². The van der Waals surface area contributed by atoms with E-state index in [-0.39, 0.29) is 0 Å². The molecule has 4 heterocycles. The quantitative estimate of drug-likeness (QED) is 0.215. The van der Waals surface area contributed by atoms with Crippen LogP contribution in [0.15, 0.2) is 108 Å². The first-order valence-corrected chi connectivity index (χ1v) is 14.1. The number of rotatable bonds is 3. The Labute approximate surface area is 238 Å². The second-order valence-corrected chi connectivity index (χ2v) is 11.9. The van der Waals surface area contributed by atoms with Gasteiger partial charge in [-0.05, 0) is 63.5 Å². The fourth-order valence-corrected chi connectivity index (χ4v) is 5.99. The Kier molecular flexibility index (Phi) is 5.10. The average molecular weight is 536 g/mol. The van der Waals surface area contributed by atoms with Crippen LogP contribution in [0.25, 0.3) is 60.8 Å². The van der Waals surface area contributed by atoms with Gasteiger partial charge in [-0.3, -0.25) is 0 Å². The molecule has 0 unspecified atom stereocenters. The normalized spacial score (nSPS) is 16.4. The molecule has 1 fully saturated rings. The van der Waals surface area contributed by atoms with Crippen LogP contribution in [0.2, 0.25) is 0 Å². The average Bonchev–Trinajstić information content (AvgIpc) is 3.59. The van der Waals surface area contributed by atoms with Crippen molar-refractivity contribution in [3.8, 4) is 16.9 Å². The molecule has 0 aliphatic carbocycles. The Morgan fingerprint density at radius 1 is 0.683 bits per heavy atom. The first-order valence-electron chi connectivity index (χ1n) is 14.1. The largest absolute Gasteiger partial charge is 0.494 e. The zero-order valence-electron chi connectivity index (χ0n) is 23.5. The Morgan fingerprint density at radius 3 is 2.05 bits per heavy atom. The van der Waals surface area contributed by atoms with E-state index in [2.05, 4.69) is 111 Å². The summed E-state index contributed by atoms with van der Waals surface area (Å²) in [4.78, 5) is 5.34. The summed E-state index contributed by atoms with van der Waals surface area (Å²) in [7, 11) is -0.418. The molecule has 6 heteroatoms. The fraction of sp³-hybridized carbons (Fsp3) is 0.171. The van der Waals surface area contributed by atoms with Crippen LogP contribution >= 0.6 is 0 Å². The molecule has 3 aromatic heterocycles. The third kappa shape index (κ3) is 3.54.